The highest BCUT2D eigenvalue weighted by Gasteiger charge is 2.04. The third-order valence-electron chi connectivity index (χ3n) is 3.67. The Labute approximate surface area is 143 Å². The van der Waals surface area contributed by atoms with Gasteiger partial charge >= 0.3 is 0 Å². The van der Waals surface area contributed by atoms with E-state index in [4.69, 9.17) is 9.47 Å². The maximum Gasteiger partial charge on any atom is 0.221 e. The molecule has 0 saturated heterocycles. The van der Waals surface area contributed by atoms with Gasteiger partial charge in [0.05, 0.1) is 19.9 Å². The van der Waals surface area contributed by atoms with Gasteiger partial charge in [-0.1, -0.05) is 24.3 Å². The molecular formula is C19H24N2O3. The molecule has 0 unspecified atom stereocenters. The van der Waals surface area contributed by atoms with Gasteiger partial charge in [-0.3, -0.25) is 4.79 Å². The predicted molar refractivity (Wildman–Crippen MR) is 95.8 cm³/mol. The highest BCUT2D eigenvalue weighted by atomic mass is 16.5. The molecular weight excluding hydrogens is 304 g/mol. The van der Waals surface area contributed by atoms with Crippen molar-refractivity contribution in [3.8, 4) is 11.5 Å². The van der Waals surface area contributed by atoms with Gasteiger partial charge in [-0.15, -0.1) is 0 Å². The first-order chi connectivity index (χ1) is 11.7. The first-order valence-electron chi connectivity index (χ1n) is 7.99. The third-order valence-corrected chi connectivity index (χ3v) is 3.67. The van der Waals surface area contributed by atoms with E-state index >= 15 is 0 Å². The van der Waals surface area contributed by atoms with Crippen molar-refractivity contribution in [3.63, 3.8) is 0 Å². The summed E-state index contributed by atoms with van der Waals surface area (Å²) in [4.78, 5) is 11.9. The second kappa shape index (κ2) is 9.45. The van der Waals surface area contributed by atoms with E-state index in [1.165, 1.54) is 5.56 Å². The summed E-state index contributed by atoms with van der Waals surface area (Å²) in [5.74, 6) is 1.65. The zero-order valence-electron chi connectivity index (χ0n) is 14.2. The van der Waals surface area contributed by atoms with Crippen LogP contribution in [-0.2, 0) is 11.2 Å². The molecule has 0 atom stereocenters. The van der Waals surface area contributed by atoms with Gasteiger partial charge in [0.1, 0.15) is 11.5 Å². The number of rotatable bonds is 9. The van der Waals surface area contributed by atoms with Crippen LogP contribution in [0.3, 0.4) is 0 Å². The summed E-state index contributed by atoms with van der Waals surface area (Å²) in [6.07, 6.45) is 1.22. The molecule has 0 aromatic heterocycles. The van der Waals surface area contributed by atoms with Crippen molar-refractivity contribution in [2.24, 2.45) is 0 Å². The SMILES string of the molecule is COc1ccc(CCNC(=O)CCNc2ccccc2OC)cc1. The number of anilines is 1. The molecule has 0 saturated carbocycles. The highest BCUT2D eigenvalue weighted by Crippen LogP contribution is 2.22. The largest absolute Gasteiger partial charge is 0.497 e. The average molecular weight is 328 g/mol. The van der Waals surface area contributed by atoms with E-state index in [0.717, 1.165) is 23.6 Å². The Kier molecular flexibility index (Phi) is 6.95. The Bertz CT molecular complexity index is 641. The quantitative estimate of drug-likeness (QED) is 0.743. The van der Waals surface area contributed by atoms with Crippen molar-refractivity contribution < 1.29 is 14.3 Å². The Hall–Kier alpha value is -2.69. The number of ether oxygens (including phenoxy) is 2. The van der Waals surface area contributed by atoms with Crippen LogP contribution in [-0.4, -0.2) is 33.2 Å². The molecule has 0 heterocycles. The number of para-hydroxylation sites is 2. The number of nitrogens with one attached hydrogen (secondary N) is 2. The van der Waals surface area contributed by atoms with Crippen molar-refractivity contribution in [3.05, 3.63) is 54.1 Å². The first-order valence-corrected chi connectivity index (χ1v) is 7.99. The lowest BCUT2D eigenvalue weighted by molar-refractivity contribution is -0.120. The molecule has 2 rings (SSSR count). The fraction of sp³-hybridized carbons (Fsp3) is 0.316. The third kappa shape index (κ3) is 5.50. The van der Waals surface area contributed by atoms with Gasteiger partial charge < -0.3 is 20.1 Å². The highest BCUT2D eigenvalue weighted by molar-refractivity contribution is 5.76. The molecule has 2 N–H and O–H groups in total. The topological polar surface area (TPSA) is 59.6 Å². The molecule has 0 fully saturated rings. The second-order valence-electron chi connectivity index (χ2n) is 5.33. The fourth-order valence-corrected chi connectivity index (χ4v) is 2.33. The maximum absolute atomic E-state index is 11.9. The summed E-state index contributed by atoms with van der Waals surface area (Å²) in [6, 6.07) is 15.5. The number of carbonyl (C=O) groups excluding carboxylic acids is 1. The molecule has 5 heteroatoms. The van der Waals surface area contributed by atoms with Crippen LogP contribution in [0.5, 0.6) is 11.5 Å². The Morgan fingerprint density at radius 2 is 1.71 bits per heavy atom. The smallest absolute Gasteiger partial charge is 0.221 e. The lowest BCUT2D eigenvalue weighted by Gasteiger charge is -2.11. The van der Waals surface area contributed by atoms with E-state index in [-0.39, 0.29) is 5.91 Å². The van der Waals surface area contributed by atoms with Crippen molar-refractivity contribution in [1.82, 2.24) is 5.32 Å². The van der Waals surface area contributed by atoms with E-state index in [1.807, 2.05) is 48.5 Å². The van der Waals surface area contributed by atoms with E-state index < -0.39 is 0 Å². The van der Waals surface area contributed by atoms with Gasteiger partial charge in [-0.05, 0) is 36.2 Å². The van der Waals surface area contributed by atoms with Gasteiger partial charge in [-0.25, -0.2) is 0 Å². The zero-order chi connectivity index (χ0) is 17.2. The van der Waals surface area contributed by atoms with Gasteiger partial charge in [-0.2, -0.15) is 0 Å². The number of carbonyl (C=O) groups is 1. The molecule has 2 aromatic rings. The second-order valence-corrected chi connectivity index (χ2v) is 5.33. The zero-order valence-corrected chi connectivity index (χ0v) is 14.2. The van der Waals surface area contributed by atoms with Crippen molar-refractivity contribution in [2.75, 3.05) is 32.6 Å². The van der Waals surface area contributed by atoms with Crippen LogP contribution >= 0.6 is 0 Å². The minimum absolute atomic E-state index is 0.0332. The molecule has 0 aliphatic carbocycles. The molecule has 0 spiro atoms. The van der Waals surface area contributed by atoms with E-state index in [9.17, 15) is 4.79 Å². The molecule has 1 amide bonds. The summed E-state index contributed by atoms with van der Waals surface area (Å²) in [6.45, 7) is 1.19. The molecule has 2 aromatic carbocycles. The molecule has 0 aliphatic heterocycles. The fourth-order valence-electron chi connectivity index (χ4n) is 2.33. The normalized spacial score (nSPS) is 10.1. The summed E-state index contributed by atoms with van der Waals surface area (Å²) in [5.41, 5.74) is 2.06. The van der Waals surface area contributed by atoms with Crippen LogP contribution in [0.2, 0.25) is 0 Å². The van der Waals surface area contributed by atoms with Crippen LogP contribution in [0.4, 0.5) is 5.69 Å². The number of hydrogen-bond donors (Lipinski definition) is 2. The van der Waals surface area contributed by atoms with Gasteiger partial charge in [0.25, 0.3) is 0 Å². The standard InChI is InChI=1S/C19H24N2O3/c1-23-16-9-7-15(8-10-16)11-13-21-19(22)12-14-20-17-5-3-4-6-18(17)24-2/h3-10,20H,11-14H2,1-2H3,(H,21,22). The number of methoxy groups -OCH3 is 2. The summed E-state index contributed by atoms with van der Waals surface area (Å²) in [5, 5.41) is 6.15. The minimum Gasteiger partial charge on any atom is -0.497 e. The lowest BCUT2D eigenvalue weighted by atomic mass is 10.1. The Morgan fingerprint density at radius 1 is 0.958 bits per heavy atom. The Morgan fingerprint density at radius 3 is 2.42 bits per heavy atom. The molecule has 0 radical (unpaired) electrons. The van der Waals surface area contributed by atoms with Crippen LogP contribution in [0.1, 0.15) is 12.0 Å². The van der Waals surface area contributed by atoms with Gasteiger partial charge in [0.15, 0.2) is 0 Å². The number of amides is 1. The minimum atomic E-state index is 0.0332. The van der Waals surface area contributed by atoms with Crippen molar-refractivity contribution in [1.29, 1.82) is 0 Å². The summed E-state index contributed by atoms with van der Waals surface area (Å²) >= 11 is 0. The lowest BCUT2D eigenvalue weighted by Crippen LogP contribution is -2.27. The number of benzene rings is 2. The van der Waals surface area contributed by atoms with Crippen LogP contribution < -0.4 is 20.1 Å². The van der Waals surface area contributed by atoms with Crippen LogP contribution in [0.15, 0.2) is 48.5 Å². The number of hydrogen-bond acceptors (Lipinski definition) is 4. The average Bonchev–Trinajstić information content (AvgIpc) is 2.62. The Balaban J connectivity index is 1.66. The molecule has 0 bridgehead atoms. The van der Waals surface area contributed by atoms with E-state index in [0.29, 0.717) is 19.5 Å². The molecule has 128 valence electrons. The molecule has 5 nitrogen and oxygen atoms in total. The van der Waals surface area contributed by atoms with Crippen molar-refractivity contribution in [2.45, 2.75) is 12.8 Å². The van der Waals surface area contributed by atoms with Crippen LogP contribution in [0, 0.1) is 0 Å². The summed E-state index contributed by atoms with van der Waals surface area (Å²) in [7, 11) is 3.28. The summed E-state index contributed by atoms with van der Waals surface area (Å²) < 4.78 is 10.4. The van der Waals surface area contributed by atoms with E-state index in [1.54, 1.807) is 14.2 Å². The van der Waals surface area contributed by atoms with Crippen LogP contribution in [0.25, 0.3) is 0 Å². The van der Waals surface area contributed by atoms with Gasteiger partial charge in [0, 0.05) is 19.5 Å². The maximum atomic E-state index is 11.9. The molecule has 0 aliphatic rings. The monoisotopic (exact) mass is 328 g/mol. The first kappa shape index (κ1) is 17.7. The molecule has 24 heavy (non-hydrogen) atoms. The van der Waals surface area contributed by atoms with Crippen molar-refractivity contribution >= 4 is 11.6 Å². The van der Waals surface area contributed by atoms with Gasteiger partial charge in [0.2, 0.25) is 5.91 Å². The van der Waals surface area contributed by atoms with E-state index in [2.05, 4.69) is 10.6 Å². The predicted octanol–water partition coefficient (Wildman–Crippen LogP) is 2.86.